The van der Waals surface area contributed by atoms with Crippen LogP contribution in [0, 0.1) is 28.9 Å². The van der Waals surface area contributed by atoms with Crippen LogP contribution in [0.5, 0.6) is 0 Å². The minimum Gasteiger partial charge on any atom is -0.379 e. The summed E-state index contributed by atoms with van der Waals surface area (Å²) in [5.74, 6) is 4.89. The van der Waals surface area contributed by atoms with Crippen molar-refractivity contribution in [1.29, 1.82) is 0 Å². The summed E-state index contributed by atoms with van der Waals surface area (Å²) in [5, 5.41) is 0. The molecule has 1 unspecified atom stereocenters. The lowest BCUT2D eigenvalue weighted by atomic mass is 9.90. The van der Waals surface area contributed by atoms with Gasteiger partial charge in [-0.3, -0.25) is 0 Å². The Morgan fingerprint density at radius 3 is 2.56 bits per heavy atom. The van der Waals surface area contributed by atoms with Gasteiger partial charge in [-0.05, 0) is 18.2 Å². The molecule has 2 aromatic rings. The standard InChI is InChI=1S/C19H19F2N3O/c1-19(2)12-24(11-17(19)25-3)18-22-9-13(10-23-18)4-5-14-8-15(20)6-7-16(14)21/h6-10,17H,11-12H2,1-3H3. The average Bonchev–Trinajstić information content (AvgIpc) is 2.90. The zero-order valence-corrected chi connectivity index (χ0v) is 14.4. The van der Waals surface area contributed by atoms with Gasteiger partial charge in [0.05, 0.1) is 17.2 Å². The molecule has 4 nitrogen and oxygen atoms in total. The third-order valence-electron chi connectivity index (χ3n) is 4.33. The van der Waals surface area contributed by atoms with Crippen molar-refractivity contribution in [3.05, 3.63) is 53.4 Å². The second-order valence-electron chi connectivity index (χ2n) is 6.74. The van der Waals surface area contributed by atoms with Crippen molar-refractivity contribution >= 4 is 5.95 Å². The van der Waals surface area contributed by atoms with Crippen LogP contribution in [-0.2, 0) is 4.74 Å². The van der Waals surface area contributed by atoms with Crippen molar-refractivity contribution in [2.75, 3.05) is 25.1 Å². The second-order valence-corrected chi connectivity index (χ2v) is 6.74. The quantitative estimate of drug-likeness (QED) is 0.786. The van der Waals surface area contributed by atoms with Crippen LogP contribution >= 0.6 is 0 Å². The van der Waals surface area contributed by atoms with Gasteiger partial charge in [-0.15, -0.1) is 0 Å². The number of anilines is 1. The van der Waals surface area contributed by atoms with Crippen molar-refractivity contribution in [3.63, 3.8) is 0 Å². The van der Waals surface area contributed by atoms with Crippen LogP contribution in [0.15, 0.2) is 30.6 Å². The fourth-order valence-electron chi connectivity index (χ4n) is 2.93. The predicted molar refractivity (Wildman–Crippen MR) is 91.2 cm³/mol. The first-order valence-electron chi connectivity index (χ1n) is 7.96. The molecular weight excluding hydrogens is 324 g/mol. The van der Waals surface area contributed by atoms with Crippen LogP contribution in [0.25, 0.3) is 0 Å². The van der Waals surface area contributed by atoms with E-state index in [1.165, 1.54) is 0 Å². The van der Waals surface area contributed by atoms with E-state index in [-0.39, 0.29) is 17.1 Å². The topological polar surface area (TPSA) is 38.2 Å². The lowest BCUT2D eigenvalue weighted by Gasteiger charge is -2.23. The van der Waals surface area contributed by atoms with E-state index in [1.54, 1.807) is 19.5 Å². The van der Waals surface area contributed by atoms with E-state index in [0.717, 1.165) is 31.3 Å². The molecule has 0 amide bonds. The predicted octanol–water partition coefficient (Wildman–Crippen LogP) is 3.02. The number of hydrogen-bond acceptors (Lipinski definition) is 4. The zero-order chi connectivity index (χ0) is 18.0. The molecule has 1 aliphatic rings. The number of benzene rings is 1. The summed E-state index contributed by atoms with van der Waals surface area (Å²) in [5.41, 5.74) is 0.563. The fraction of sp³-hybridized carbons (Fsp3) is 0.368. The monoisotopic (exact) mass is 343 g/mol. The molecule has 0 bridgehead atoms. The summed E-state index contributed by atoms with van der Waals surface area (Å²) in [6, 6.07) is 3.18. The summed E-state index contributed by atoms with van der Waals surface area (Å²) in [6.07, 6.45) is 3.28. The van der Waals surface area contributed by atoms with E-state index in [9.17, 15) is 8.78 Å². The van der Waals surface area contributed by atoms with Gasteiger partial charge in [0.25, 0.3) is 0 Å². The molecule has 0 N–H and O–H groups in total. The van der Waals surface area contributed by atoms with Gasteiger partial charge in [0, 0.05) is 38.0 Å². The molecule has 3 rings (SSSR count). The summed E-state index contributed by atoms with van der Waals surface area (Å²) in [6.45, 7) is 5.82. The Labute approximate surface area is 145 Å². The number of methoxy groups -OCH3 is 1. The Hall–Kier alpha value is -2.52. The molecule has 1 atom stereocenters. The van der Waals surface area contributed by atoms with Gasteiger partial charge in [0.15, 0.2) is 0 Å². The second kappa shape index (κ2) is 6.77. The smallest absolute Gasteiger partial charge is 0.225 e. The highest BCUT2D eigenvalue weighted by Crippen LogP contribution is 2.33. The van der Waals surface area contributed by atoms with Crippen LogP contribution in [0.1, 0.15) is 25.0 Å². The Bertz CT molecular complexity index is 825. The maximum Gasteiger partial charge on any atom is 0.225 e. The van der Waals surface area contributed by atoms with Gasteiger partial charge in [-0.2, -0.15) is 0 Å². The molecule has 1 saturated heterocycles. The van der Waals surface area contributed by atoms with Crippen molar-refractivity contribution in [1.82, 2.24) is 9.97 Å². The maximum absolute atomic E-state index is 13.6. The number of halogens is 2. The Morgan fingerprint density at radius 2 is 1.92 bits per heavy atom. The summed E-state index contributed by atoms with van der Waals surface area (Å²) >= 11 is 0. The highest BCUT2D eigenvalue weighted by molar-refractivity contribution is 5.43. The molecular formula is C19H19F2N3O. The maximum atomic E-state index is 13.6. The molecule has 0 spiro atoms. The Morgan fingerprint density at radius 1 is 1.20 bits per heavy atom. The van der Waals surface area contributed by atoms with Crippen LogP contribution in [0.2, 0.25) is 0 Å². The molecule has 1 fully saturated rings. The van der Waals surface area contributed by atoms with Gasteiger partial charge >= 0.3 is 0 Å². The normalized spacial score (nSPS) is 18.8. The molecule has 130 valence electrons. The Balaban J connectivity index is 1.76. The summed E-state index contributed by atoms with van der Waals surface area (Å²) in [7, 11) is 1.71. The van der Waals surface area contributed by atoms with Crippen molar-refractivity contribution < 1.29 is 13.5 Å². The number of rotatable bonds is 2. The highest BCUT2D eigenvalue weighted by atomic mass is 19.1. The van der Waals surface area contributed by atoms with E-state index in [0.29, 0.717) is 11.5 Å². The van der Waals surface area contributed by atoms with E-state index in [4.69, 9.17) is 4.74 Å². The van der Waals surface area contributed by atoms with Crippen LogP contribution < -0.4 is 4.90 Å². The average molecular weight is 343 g/mol. The largest absolute Gasteiger partial charge is 0.379 e. The Kier molecular flexibility index (Phi) is 4.69. The van der Waals surface area contributed by atoms with Gasteiger partial charge in [0.2, 0.25) is 5.95 Å². The minimum atomic E-state index is -0.559. The van der Waals surface area contributed by atoms with Crippen molar-refractivity contribution in [3.8, 4) is 11.8 Å². The molecule has 0 aliphatic carbocycles. The van der Waals surface area contributed by atoms with E-state index < -0.39 is 11.6 Å². The first kappa shape index (κ1) is 17.3. The van der Waals surface area contributed by atoms with Crippen LogP contribution in [0.3, 0.4) is 0 Å². The molecule has 6 heteroatoms. The first-order chi connectivity index (χ1) is 11.9. The lowest BCUT2D eigenvalue weighted by Crippen LogP contribution is -2.28. The lowest BCUT2D eigenvalue weighted by molar-refractivity contribution is 0.0445. The molecule has 0 radical (unpaired) electrons. The van der Waals surface area contributed by atoms with E-state index in [2.05, 4.69) is 40.6 Å². The molecule has 25 heavy (non-hydrogen) atoms. The third-order valence-corrected chi connectivity index (χ3v) is 4.33. The fourth-order valence-corrected chi connectivity index (χ4v) is 2.93. The van der Waals surface area contributed by atoms with Gasteiger partial charge in [0.1, 0.15) is 11.6 Å². The number of hydrogen-bond donors (Lipinski definition) is 0. The number of nitrogens with zero attached hydrogens (tertiary/aromatic N) is 3. The molecule has 1 aromatic carbocycles. The molecule has 1 aliphatic heterocycles. The minimum absolute atomic E-state index is 0.00769. The third kappa shape index (κ3) is 3.77. The number of aromatic nitrogens is 2. The van der Waals surface area contributed by atoms with Crippen LogP contribution in [-0.4, -0.2) is 36.3 Å². The highest BCUT2D eigenvalue weighted by Gasteiger charge is 2.40. The van der Waals surface area contributed by atoms with E-state index in [1.807, 2.05) is 0 Å². The molecule has 1 aromatic heterocycles. The zero-order valence-electron chi connectivity index (χ0n) is 14.4. The van der Waals surface area contributed by atoms with Gasteiger partial charge in [-0.25, -0.2) is 18.7 Å². The van der Waals surface area contributed by atoms with Crippen LogP contribution in [0.4, 0.5) is 14.7 Å². The molecule has 0 saturated carbocycles. The number of ether oxygens (including phenoxy) is 1. The summed E-state index contributed by atoms with van der Waals surface area (Å²) in [4.78, 5) is 10.7. The van der Waals surface area contributed by atoms with Gasteiger partial charge in [-0.1, -0.05) is 25.7 Å². The summed E-state index contributed by atoms with van der Waals surface area (Å²) < 4.78 is 32.2. The van der Waals surface area contributed by atoms with Crippen molar-refractivity contribution in [2.45, 2.75) is 20.0 Å². The first-order valence-corrected chi connectivity index (χ1v) is 7.96. The van der Waals surface area contributed by atoms with E-state index >= 15 is 0 Å². The molecule has 2 heterocycles. The van der Waals surface area contributed by atoms with Gasteiger partial charge < -0.3 is 9.64 Å². The van der Waals surface area contributed by atoms with Crippen molar-refractivity contribution in [2.24, 2.45) is 5.41 Å². The SMILES string of the molecule is COC1CN(c2ncc(C#Cc3cc(F)ccc3F)cn2)CC1(C)C.